The summed E-state index contributed by atoms with van der Waals surface area (Å²) in [6.45, 7) is 4.82. The summed E-state index contributed by atoms with van der Waals surface area (Å²) < 4.78 is 5.36. The van der Waals surface area contributed by atoms with Gasteiger partial charge in [0.1, 0.15) is 0 Å². The van der Waals surface area contributed by atoms with Crippen LogP contribution in [0.15, 0.2) is 71.4 Å². The smallest absolute Gasteiger partial charge is 0.257 e. The highest BCUT2D eigenvalue weighted by atomic mass is 16.5. The van der Waals surface area contributed by atoms with Gasteiger partial charge in [0, 0.05) is 54.7 Å². The highest BCUT2D eigenvalue weighted by Crippen LogP contribution is 2.35. The van der Waals surface area contributed by atoms with Crippen molar-refractivity contribution >= 4 is 11.6 Å². The number of rotatable bonds is 4. The lowest BCUT2D eigenvalue weighted by Crippen LogP contribution is -2.59. The van der Waals surface area contributed by atoms with Gasteiger partial charge in [-0.05, 0) is 62.4 Å². The largest absolute Gasteiger partial charge is 0.370 e. The van der Waals surface area contributed by atoms with Crippen molar-refractivity contribution in [1.29, 1.82) is 0 Å². The predicted molar refractivity (Wildman–Crippen MR) is 153 cm³/mol. The number of nitrogens with zero attached hydrogens (tertiary/aromatic N) is 6. The lowest BCUT2D eigenvalue weighted by molar-refractivity contribution is 0.260. The lowest BCUT2D eigenvalue weighted by Gasteiger charge is -2.44. The Hall–Kier alpha value is -3.78. The number of hydrogen-bond donors (Lipinski definition) is 1. The normalized spacial score (nSPS) is 25.1. The average Bonchev–Trinajstić information content (AvgIpc) is 3.36. The number of aromatic nitrogens is 4. The summed E-state index contributed by atoms with van der Waals surface area (Å²) in [5.41, 5.74) is 4.31. The van der Waals surface area contributed by atoms with Gasteiger partial charge in [-0.1, -0.05) is 48.3 Å². The molecule has 4 atom stereocenters. The molecule has 4 aromatic rings. The topological polar surface area (TPSA) is 83.2 Å². The molecule has 39 heavy (non-hydrogen) atoms. The van der Waals surface area contributed by atoms with Crippen molar-refractivity contribution in [3.05, 3.63) is 72.7 Å². The Labute approximate surface area is 229 Å². The molecule has 0 amide bonds. The average molecular weight is 522 g/mol. The molecule has 200 valence electrons. The van der Waals surface area contributed by atoms with E-state index in [1.54, 1.807) is 0 Å². The zero-order valence-electron chi connectivity index (χ0n) is 22.4. The first-order valence-electron chi connectivity index (χ1n) is 14.3. The molecule has 2 aliphatic heterocycles. The zero-order valence-corrected chi connectivity index (χ0v) is 22.4. The van der Waals surface area contributed by atoms with E-state index in [4.69, 9.17) is 14.5 Å². The zero-order chi connectivity index (χ0) is 26.2. The molecule has 4 unspecified atom stereocenters. The fraction of sp³-hybridized carbons (Fsp3) is 0.419. The molecule has 1 aliphatic carbocycles. The highest BCUT2D eigenvalue weighted by molar-refractivity contribution is 5.61. The fourth-order valence-corrected chi connectivity index (χ4v) is 6.74. The molecule has 1 saturated carbocycles. The molecule has 3 fully saturated rings. The Morgan fingerprint density at radius 1 is 0.846 bits per heavy atom. The summed E-state index contributed by atoms with van der Waals surface area (Å²) in [5, 5.41) is 8.06. The molecule has 4 heterocycles. The second-order valence-electron chi connectivity index (χ2n) is 11.2. The number of benzene rings is 2. The van der Waals surface area contributed by atoms with Crippen molar-refractivity contribution in [2.24, 2.45) is 5.92 Å². The first kappa shape index (κ1) is 24.3. The van der Waals surface area contributed by atoms with Crippen molar-refractivity contribution in [3.8, 4) is 22.7 Å². The van der Waals surface area contributed by atoms with Crippen LogP contribution in [0.1, 0.15) is 37.9 Å². The van der Waals surface area contributed by atoms with Gasteiger partial charge in [0.15, 0.2) is 5.82 Å². The number of hydrogen-bond acceptors (Lipinski definition) is 8. The van der Waals surface area contributed by atoms with E-state index in [-0.39, 0.29) is 0 Å². The maximum absolute atomic E-state index is 5.36. The Kier molecular flexibility index (Phi) is 6.48. The molecule has 2 aromatic carbocycles. The molecule has 0 spiro atoms. The van der Waals surface area contributed by atoms with Crippen LogP contribution < -0.4 is 15.1 Å². The molecule has 7 rings (SSSR count). The number of anilines is 2. The van der Waals surface area contributed by atoms with E-state index < -0.39 is 0 Å². The molecule has 1 N–H and O–H groups in total. The van der Waals surface area contributed by atoms with Crippen molar-refractivity contribution in [3.63, 3.8) is 0 Å². The predicted octanol–water partition coefficient (Wildman–Crippen LogP) is 5.12. The van der Waals surface area contributed by atoms with Crippen LogP contribution in [-0.2, 0) is 0 Å². The molecular weight excluding hydrogens is 486 g/mol. The van der Waals surface area contributed by atoms with Gasteiger partial charge < -0.3 is 19.6 Å². The van der Waals surface area contributed by atoms with Gasteiger partial charge in [0.05, 0.1) is 11.7 Å². The van der Waals surface area contributed by atoms with E-state index in [0.717, 1.165) is 48.8 Å². The van der Waals surface area contributed by atoms with Crippen LogP contribution in [0.4, 0.5) is 11.6 Å². The summed E-state index contributed by atoms with van der Waals surface area (Å²) in [5.74, 6) is 2.71. The van der Waals surface area contributed by atoms with E-state index in [2.05, 4.69) is 73.8 Å². The molecule has 2 aromatic heterocycles. The van der Waals surface area contributed by atoms with Crippen LogP contribution in [-0.4, -0.2) is 57.9 Å². The Morgan fingerprint density at radius 3 is 2.51 bits per heavy atom. The first-order chi connectivity index (χ1) is 19.2. The van der Waals surface area contributed by atoms with E-state index in [1.807, 2.05) is 25.3 Å². The van der Waals surface area contributed by atoms with Gasteiger partial charge >= 0.3 is 0 Å². The summed E-state index contributed by atoms with van der Waals surface area (Å²) in [4.78, 5) is 19.4. The van der Waals surface area contributed by atoms with Crippen molar-refractivity contribution in [1.82, 2.24) is 25.4 Å². The monoisotopic (exact) mass is 521 g/mol. The van der Waals surface area contributed by atoms with E-state index in [0.29, 0.717) is 35.8 Å². The summed E-state index contributed by atoms with van der Waals surface area (Å²) >= 11 is 0. The number of nitrogens with one attached hydrogen (secondary N) is 1. The molecule has 8 nitrogen and oxygen atoms in total. The molecule has 0 bridgehead atoms. The van der Waals surface area contributed by atoms with Gasteiger partial charge in [-0.15, -0.1) is 0 Å². The third-order valence-corrected chi connectivity index (χ3v) is 8.72. The molecule has 8 heteroatoms. The standard InChI is InChI=1S/C31H35N7O/c1-21-33-30(39-36-21)23-11-13-25(14-12-23)37-18-16-29-28(20-37)34-26-10-6-5-9-24(26)19-38(29)31-32-17-15-27(35-31)22-7-3-2-4-8-22/h2-4,7-8,11-15,17,24,26,28-29,34H,5-6,9-10,16,18-20H2,1H3. The Morgan fingerprint density at radius 2 is 1.69 bits per heavy atom. The first-order valence-corrected chi connectivity index (χ1v) is 14.3. The quantitative estimate of drug-likeness (QED) is 0.396. The van der Waals surface area contributed by atoms with E-state index in [9.17, 15) is 0 Å². The third-order valence-electron chi connectivity index (χ3n) is 8.72. The molecule has 3 aliphatic rings. The van der Waals surface area contributed by atoms with Crippen molar-refractivity contribution < 1.29 is 4.52 Å². The van der Waals surface area contributed by atoms with Gasteiger partial charge in [0.25, 0.3) is 5.89 Å². The Bertz CT molecular complexity index is 1410. The maximum Gasteiger partial charge on any atom is 0.257 e. The lowest BCUT2D eigenvalue weighted by atomic mass is 9.84. The minimum Gasteiger partial charge on any atom is -0.370 e. The number of aryl methyl sites for hydroxylation is 1. The fourth-order valence-electron chi connectivity index (χ4n) is 6.74. The van der Waals surface area contributed by atoms with Gasteiger partial charge in [-0.3, -0.25) is 0 Å². The second-order valence-corrected chi connectivity index (χ2v) is 11.2. The molecule has 0 radical (unpaired) electrons. The van der Waals surface area contributed by atoms with Gasteiger partial charge in [-0.25, -0.2) is 9.97 Å². The molecule has 2 saturated heterocycles. The van der Waals surface area contributed by atoms with Crippen LogP contribution in [0.2, 0.25) is 0 Å². The second kappa shape index (κ2) is 10.4. The number of fused-ring (bicyclic) bond motifs is 2. The van der Waals surface area contributed by atoms with Crippen molar-refractivity contribution in [2.45, 2.75) is 57.2 Å². The third kappa shape index (κ3) is 4.89. The minimum atomic E-state index is 0.342. The number of piperidine rings is 1. The van der Waals surface area contributed by atoms with E-state index >= 15 is 0 Å². The van der Waals surface area contributed by atoms with Gasteiger partial charge in [0.2, 0.25) is 5.95 Å². The summed E-state index contributed by atoms with van der Waals surface area (Å²) in [7, 11) is 0. The van der Waals surface area contributed by atoms with Crippen LogP contribution >= 0.6 is 0 Å². The highest BCUT2D eigenvalue weighted by Gasteiger charge is 2.42. The van der Waals surface area contributed by atoms with Crippen LogP contribution in [0.3, 0.4) is 0 Å². The van der Waals surface area contributed by atoms with Crippen molar-refractivity contribution in [2.75, 3.05) is 29.4 Å². The van der Waals surface area contributed by atoms with Crippen LogP contribution in [0, 0.1) is 12.8 Å². The van der Waals surface area contributed by atoms with Crippen LogP contribution in [0.5, 0.6) is 0 Å². The summed E-state index contributed by atoms with van der Waals surface area (Å²) in [6, 6.07) is 22.2. The maximum atomic E-state index is 5.36. The Balaban J connectivity index is 1.16. The molecular formula is C31H35N7O. The minimum absolute atomic E-state index is 0.342. The SMILES string of the molecule is Cc1noc(-c2ccc(N3CCC4C(C3)NC3CCCCC3CN4c3nccc(-c4ccccc4)n3)cc2)n1. The summed E-state index contributed by atoms with van der Waals surface area (Å²) in [6.07, 6.45) is 8.14. The van der Waals surface area contributed by atoms with Crippen LogP contribution in [0.25, 0.3) is 22.7 Å². The van der Waals surface area contributed by atoms with Gasteiger partial charge in [-0.2, -0.15) is 4.98 Å². The van der Waals surface area contributed by atoms with E-state index in [1.165, 1.54) is 31.4 Å².